The van der Waals surface area contributed by atoms with Crippen LogP contribution in [0.4, 0.5) is 0 Å². The number of hydrogen-bond donors (Lipinski definition) is 0. The van der Waals surface area contributed by atoms with Gasteiger partial charge in [0.25, 0.3) is 0 Å². The maximum absolute atomic E-state index is 5.36. The van der Waals surface area contributed by atoms with E-state index in [0.29, 0.717) is 0 Å². The average Bonchev–Trinajstić information content (AvgIpc) is 2.30. The molecule has 2 rings (SSSR count). The Morgan fingerprint density at radius 3 is 2.29 bits per heavy atom. The first-order chi connectivity index (χ1) is 6.90. The van der Waals surface area contributed by atoms with E-state index < -0.39 is 0 Å². The predicted octanol–water partition coefficient (Wildman–Crippen LogP) is 0.344. The summed E-state index contributed by atoms with van der Waals surface area (Å²) < 4.78 is 5.36. The molecule has 2 fully saturated rings. The van der Waals surface area contributed by atoms with Crippen LogP contribution in [0.3, 0.4) is 0 Å². The summed E-state index contributed by atoms with van der Waals surface area (Å²) in [4.78, 5) is 7.78. The third-order valence-electron chi connectivity index (χ3n) is 3.24. The van der Waals surface area contributed by atoms with Gasteiger partial charge in [-0.15, -0.1) is 0 Å². The van der Waals surface area contributed by atoms with Crippen LogP contribution in [0.25, 0.3) is 0 Å². The second-order valence-electron chi connectivity index (χ2n) is 3.99. The Hall–Kier alpha value is -0.160. The minimum absolute atomic E-state index is 0.755. The van der Waals surface area contributed by atoms with Gasteiger partial charge in [-0.1, -0.05) is 0 Å². The van der Waals surface area contributed by atoms with Crippen LogP contribution in [0.5, 0.6) is 0 Å². The minimum atomic E-state index is 0.755. The SMILES string of the molecule is CON1CCC(N2CCOCC2)CC1. The first-order valence-electron chi connectivity index (χ1n) is 5.51. The maximum atomic E-state index is 5.36. The number of nitrogens with zero attached hydrogens (tertiary/aromatic N) is 2. The number of hydrogen-bond acceptors (Lipinski definition) is 4. The third-order valence-corrected chi connectivity index (χ3v) is 3.24. The lowest BCUT2D eigenvalue weighted by atomic mass is 10.0. The molecule has 82 valence electrons. The number of morpholine rings is 1. The number of piperidine rings is 1. The van der Waals surface area contributed by atoms with E-state index in [1.807, 2.05) is 0 Å². The van der Waals surface area contributed by atoms with Gasteiger partial charge in [-0.2, -0.15) is 5.06 Å². The van der Waals surface area contributed by atoms with Crippen molar-refractivity contribution in [2.45, 2.75) is 18.9 Å². The normalized spacial score (nSPS) is 28.1. The van der Waals surface area contributed by atoms with Gasteiger partial charge in [0.15, 0.2) is 0 Å². The lowest BCUT2D eigenvalue weighted by molar-refractivity contribution is -0.152. The predicted molar refractivity (Wildman–Crippen MR) is 54.0 cm³/mol. The van der Waals surface area contributed by atoms with E-state index in [2.05, 4.69) is 9.96 Å². The third kappa shape index (κ3) is 2.45. The van der Waals surface area contributed by atoms with Crippen molar-refractivity contribution < 1.29 is 9.57 Å². The average molecular weight is 200 g/mol. The summed E-state index contributed by atoms with van der Waals surface area (Å²) in [5.74, 6) is 0. The van der Waals surface area contributed by atoms with Crippen LogP contribution in [-0.2, 0) is 9.57 Å². The highest BCUT2D eigenvalue weighted by Crippen LogP contribution is 2.17. The largest absolute Gasteiger partial charge is 0.379 e. The lowest BCUT2D eigenvalue weighted by Crippen LogP contribution is -2.48. The fraction of sp³-hybridized carbons (Fsp3) is 1.00. The molecule has 2 heterocycles. The quantitative estimate of drug-likeness (QED) is 0.642. The Bertz CT molecular complexity index is 164. The highest BCUT2D eigenvalue weighted by molar-refractivity contribution is 4.78. The zero-order valence-corrected chi connectivity index (χ0v) is 8.95. The second kappa shape index (κ2) is 5.07. The Morgan fingerprint density at radius 2 is 1.71 bits per heavy atom. The van der Waals surface area contributed by atoms with Crippen molar-refractivity contribution in [2.75, 3.05) is 46.5 Å². The van der Waals surface area contributed by atoms with Gasteiger partial charge in [0.05, 0.1) is 20.3 Å². The molecule has 0 aromatic heterocycles. The van der Waals surface area contributed by atoms with Crippen molar-refractivity contribution in [1.82, 2.24) is 9.96 Å². The topological polar surface area (TPSA) is 24.9 Å². The lowest BCUT2D eigenvalue weighted by Gasteiger charge is -2.39. The molecular formula is C10H20N2O2. The minimum Gasteiger partial charge on any atom is -0.379 e. The monoisotopic (exact) mass is 200 g/mol. The standard InChI is InChI=1S/C10H20N2O2/c1-13-12-4-2-10(3-5-12)11-6-8-14-9-7-11/h10H,2-9H2,1H3. The molecule has 4 nitrogen and oxygen atoms in total. The summed E-state index contributed by atoms with van der Waals surface area (Å²) in [7, 11) is 1.76. The van der Waals surface area contributed by atoms with Gasteiger partial charge >= 0.3 is 0 Å². The van der Waals surface area contributed by atoms with Crippen molar-refractivity contribution >= 4 is 0 Å². The van der Waals surface area contributed by atoms with Crippen molar-refractivity contribution in [3.05, 3.63) is 0 Å². The molecule has 0 saturated carbocycles. The molecule has 2 aliphatic rings. The van der Waals surface area contributed by atoms with Crippen LogP contribution < -0.4 is 0 Å². The summed E-state index contributed by atoms with van der Waals surface area (Å²) in [6, 6.07) is 0.755. The van der Waals surface area contributed by atoms with E-state index in [0.717, 1.165) is 45.4 Å². The zero-order valence-electron chi connectivity index (χ0n) is 8.95. The van der Waals surface area contributed by atoms with Crippen LogP contribution >= 0.6 is 0 Å². The summed E-state index contributed by atoms with van der Waals surface area (Å²) in [5, 5.41) is 2.05. The van der Waals surface area contributed by atoms with Crippen LogP contribution in [-0.4, -0.2) is 62.5 Å². The molecule has 14 heavy (non-hydrogen) atoms. The van der Waals surface area contributed by atoms with Crippen LogP contribution in [0.2, 0.25) is 0 Å². The molecule has 0 radical (unpaired) electrons. The molecule has 2 saturated heterocycles. The highest BCUT2D eigenvalue weighted by Gasteiger charge is 2.25. The van der Waals surface area contributed by atoms with Gasteiger partial charge in [-0.3, -0.25) is 4.90 Å². The summed E-state index contributed by atoms with van der Waals surface area (Å²) in [6.45, 7) is 6.17. The first kappa shape index (κ1) is 10.4. The Kier molecular flexibility index (Phi) is 3.75. The van der Waals surface area contributed by atoms with Crippen LogP contribution in [0, 0.1) is 0 Å². The van der Waals surface area contributed by atoms with Gasteiger partial charge in [0, 0.05) is 32.2 Å². The Labute approximate surface area is 85.7 Å². The van der Waals surface area contributed by atoms with Gasteiger partial charge < -0.3 is 9.57 Å². The maximum Gasteiger partial charge on any atom is 0.0594 e. The second-order valence-corrected chi connectivity index (χ2v) is 3.99. The number of ether oxygens (including phenoxy) is 1. The van der Waals surface area contributed by atoms with Crippen molar-refractivity contribution in [3.8, 4) is 0 Å². The molecule has 0 N–H and O–H groups in total. The smallest absolute Gasteiger partial charge is 0.0594 e. The van der Waals surface area contributed by atoms with Crippen LogP contribution in [0.15, 0.2) is 0 Å². The van der Waals surface area contributed by atoms with E-state index in [-0.39, 0.29) is 0 Å². The van der Waals surface area contributed by atoms with Gasteiger partial charge in [-0.05, 0) is 12.8 Å². The van der Waals surface area contributed by atoms with Gasteiger partial charge in [0.1, 0.15) is 0 Å². The number of rotatable bonds is 2. The highest BCUT2D eigenvalue weighted by atomic mass is 16.7. The van der Waals surface area contributed by atoms with E-state index in [9.17, 15) is 0 Å². The molecule has 0 unspecified atom stereocenters. The van der Waals surface area contributed by atoms with E-state index in [1.54, 1.807) is 7.11 Å². The molecule has 0 atom stereocenters. The molecule has 0 spiro atoms. The Balaban J connectivity index is 1.76. The fourth-order valence-electron chi connectivity index (χ4n) is 2.33. The molecule has 2 aliphatic heterocycles. The summed E-state index contributed by atoms with van der Waals surface area (Å²) in [5.41, 5.74) is 0. The van der Waals surface area contributed by atoms with Crippen molar-refractivity contribution in [1.29, 1.82) is 0 Å². The summed E-state index contributed by atoms with van der Waals surface area (Å²) in [6.07, 6.45) is 2.46. The number of hydroxylamine groups is 2. The molecule has 0 bridgehead atoms. The molecule has 0 aliphatic carbocycles. The fourth-order valence-corrected chi connectivity index (χ4v) is 2.33. The van der Waals surface area contributed by atoms with Gasteiger partial charge in [0.2, 0.25) is 0 Å². The van der Waals surface area contributed by atoms with Crippen molar-refractivity contribution in [3.63, 3.8) is 0 Å². The molecular weight excluding hydrogens is 180 g/mol. The van der Waals surface area contributed by atoms with Crippen molar-refractivity contribution in [2.24, 2.45) is 0 Å². The molecule has 0 amide bonds. The zero-order chi connectivity index (χ0) is 9.80. The van der Waals surface area contributed by atoms with E-state index >= 15 is 0 Å². The summed E-state index contributed by atoms with van der Waals surface area (Å²) >= 11 is 0. The first-order valence-corrected chi connectivity index (χ1v) is 5.51. The molecule has 0 aromatic rings. The van der Waals surface area contributed by atoms with E-state index in [1.165, 1.54) is 12.8 Å². The molecule has 4 heteroatoms. The van der Waals surface area contributed by atoms with Crippen LogP contribution in [0.1, 0.15) is 12.8 Å². The molecule has 0 aromatic carbocycles. The Morgan fingerprint density at radius 1 is 1.07 bits per heavy atom. The van der Waals surface area contributed by atoms with E-state index in [4.69, 9.17) is 9.57 Å². The van der Waals surface area contributed by atoms with Gasteiger partial charge in [-0.25, -0.2) is 0 Å².